The summed E-state index contributed by atoms with van der Waals surface area (Å²) in [6, 6.07) is 4.16. The molecule has 1 aliphatic heterocycles. The fourth-order valence-electron chi connectivity index (χ4n) is 2.67. The van der Waals surface area contributed by atoms with Crippen LogP contribution < -0.4 is 10.9 Å². The third-order valence-electron chi connectivity index (χ3n) is 3.87. The van der Waals surface area contributed by atoms with Crippen LogP contribution in [0, 0.1) is 0 Å². The number of fused-ring (bicyclic) bond motifs is 2. The number of amides is 1. The zero-order valence-electron chi connectivity index (χ0n) is 13.4. The van der Waals surface area contributed by atoms with E-state index >= 15 is 0 Å². The molecule has 1 amide bonds. The standard InChI is InChI=1S/C16H14F3N3O4/c17-16(18,19)8-20-13(23)7-26-15(25)9-3-4-10-11(6-9)21-12-2-1-5-22(12)14(10)24/h3-4,6H,1-2,5,7-8H2,(H,20,23). The summed E-state index contributed by atoms with van der Waals surface area (Å²) in [6.45, 7) is -1.74. The maximum atomic E-state index is 12.3. The number of alkyl halides is 3. The van der Waals surface area contributed by atoms with Gasteiger partial charge in [0.15, 0.2) is 6.61 Å². The molecule has 7 nitrogen and oxygen atoms in total. The molecule has 0 radical (unpaired) electrons. The van der Waals surface area contributed by atoms with Gasteiger partial charge < -0.3 is 10.1 Å². The van der Waals surface area contributed by atoms with Gasteiger partial charge in [-0.1, -0.05) is 0 Å². The first-order valence-electron chi connectivity index (χ1n) is 7.79. The lowest BCUT2D eigenvalue weighted by Crippen LogP contribution is -2.36. The number of halogens is 3. The molecule has 0 saturated carbocycles. The quantitative estimate of drug-likeness (QED) is 0.818. The van der Waals surface area contributed by atoms with Gasteiger partial charge in [-0.3, -0.25) is 14.2 Å². The summed E-state index contributed by atoms with van der Waals surface area (Å²) in [6.07, 6.45) is -3.06. The van der Waals surface area contributed by atoms with Gasteiger partial charge in [-0.15, -0.1) is 0 Å². The highest BCUT2D eigenvalue weighted by Crippen LogP contribution is 2.17. The lowest BCUT2D eigenvalue weighted by Gasteiger charge is -2.09. The van der Waals surface area contributed by atoms with E-state index in [1.54, 1.807) is 9.88 Å². The van der Waals surface area contributed by atoms with Crippen LogP contribution in [0.4, 0.5) is 13.2 Å². The molecule has 1 N–H and O–H groups in total. The number of benzene rings is 1. The average Bonchev–Trinajstić information content (AvgIpc) is 3.05. The average molecular weight is 369 g/mol. The Morgan fingerprint density at radius 1 is 1.31 bits per heavy atom. The van der Waals surface area contributed by atoms with Crippen molar-refractivity contribution in [3.05, 3.63) is 39.9 Å². The Bertz CT molecular complexity index is 937. The second-order valence-electron chi connectivity index (χ2n) is 5.79. The van der Waals surface area contributed by atoms with Crippen LogP contribution in [0.1, 0.15) is 22.6 Å². The summed E-state index contributed by atoms with van der Waals surface area (Å²) in [5.41, 5.74) is 0.198. The highest BCUT2D eigenvalue weighted by molar-refractivity contribution is 5.95. The summed E-state index contributed by atoms with van der Waals surface area (Å²) in [4.78, 5) is 39.9. The Kier molecular flexibility index (Phi) is 4.66. The predicted octanol–water partition coefficient (Wildman–Crippen LogP) is 1.18. The van der Waals surface area contributed by atoms with Crippen molar-refractivity contribution in [1.29, 1.82) is 0 Å². The van der Waals surface area contributed by atoms with Crippen LogP contribution in [0.3, 0.4) is 0 Å². The number of rotatable bonds is 4. The van der Waals surface area contributed by atoms with Crippen LogP contribution in [-0.2, 0) is 22.5 Å². The van der Waals surface area contributed by atoms with Crippen LogP contribution in [0.25, 0.3) is 10.9 Å². The van der Waals surface area contributed by atoms with Gasteiger partial charge in [0.05, 0.1) is 16.5 Å². The molecule has 0 unspecified atom stereocenters. The third kappa shape index (κ3) is 3.84. The van der Waals surface area contributed by atoms with E-state index in [0.29, 0.717) is 29.7 Å². The summed E-state index contributed by atoms with van der Waals surface area (Å²) in [7, 11) is 0. The first-order chi connectivity index (χ1) is 12.2. The SMILES string of the molecule is O=C(COC(=O)c1ccc2c(=O)n3c(nc2c1)CCC3)NCC(F)(F)F. The molecule has 3 rings (SSSR count). The normalized spacial score (nSPS) is 13.5. The molecule has 1 aliphatic rings. The Morgan fingerprint density at radius 3 is 2.81 bits per heavy atom. The van der Waals surface area contributed by atoms with E-state index < -0.39 is 31.2 Å². The number of nitrogens with one attached hydrogen (secondary N) is 1. The topological polar surface area (TPSA) is 90.3 Å². The van der Waals surface area contributed by atoms with Crippen LogP contribution in [0.5, 0.6) is 0 Å². The van der Waals surface area contributed by atoms with Crippen molar-refractivity contribution in [2.45, 2.75) is 25.6 Å². The summed E-state index contributed by atoms with van der Waals surface area (Å²) < 4.78 is 42.3. The van der Waals surface area contributed by atoms with Crippen molar-refractivity contribution in [3.63, 3.8) is 0 Å². The number of carbonyl (C=O) groups is 2. The molecule has 26 heavy (non-hydrogen) atoms. The number of carbonyl (C=O) groups excluding carboxylic acids is 2. The smallest absolute Gasteiger partial charge is 0.405 e. The van der Waals surface area contributed by atoms with Crippen LogP contribution in [-0.4, -0.2) is 40.8 Å². The lowest BCUT2D eigenvalue weighted by molar-refractivity contribution is -0.140. The first-order valence-corrected chi connectivity index (χ1v) is 7.79. The van der Waals surface area contributed by atoms with Gasteiger partial charge in [0.2, 0.25) is 0 Å². The summed E-state index contributed by atoms with van der Waals surface area (Å²) in [5, 5.41) is 1.95. The molecule has 0 bridgehead atoms. The maximum absolute atomic E-state index is 12.3. The van der Waals surface area contributed by atoms with Gasteiger partial charge in [-0.05, 0) is 24.6 Å². The zero-order chi connectivity index (χ0) is 18.9. The van der Waals surface area contributed by atoms with Crippen LogP contribution in [0.15, 0.2) is 23.0 Å². The minimum Gasteiger partial charge on any atom is -0.452 e. The van der Waals surface area contributed by atoms with Crippen molar-refractivity contribution < 1.29 is 27.5 Å². The van der Waals surface area contributed by atoms with Gasteiger partial charge in [0.1, 0.15) is 12.4 Å². The van der Waals surface area contributed by atoms with Gasteiger partial charge in [0, 0.05) is 13.0 Å². The largest absolute Gasteiger partial charge is 0.452 e. The van der Waals surface area contributed by atoms with Gasteiger partial charge >= 0.3 is 12.1 Å². The maximum Gasteiger partial charge on any atom is 0.405 e. The minimum absolute atomic E-state index is 0.0518. The number of aromatic nitrogens is 2. The van der Waals surface area contributed by atoms with Crippen molar-refractivity contribution in [2.75, 3.05) is 13.2 Å². The Morgan fingerprint density at radius 2 is 2.08 bits per heavy atom. The fraction of sp³-hybridized carbons (Fsp3) is 0.375. The molecule has 1 aromatic carbocycles. The van der Waals surface area contributed by atoms with E-state index in [9.17, 15) is 27.6 Å². The Labute approximate surface area is 144 Å². The summed E-state index contributed by atoms with van der Waals surface area (Å²) >= 11 is 0. The lowest BCUT2D eigenvalue weighted by atomic mass is 10.1. The third-order valence-corrected chi connectivity index (χ3v) is 3.87. The molecule has 0 fully saturated rings. The zero-order valence-corrected chi connectivity index (χ0v) is 13.4. The van der Waals surface area contributed by atoms with Crippen molar-refractivity contribution in [1.82, 2.24) is 14.9 Å². The molecule has 2 aromatic rings. The number of nitrogens with zero attached hydrogens (tertiary/aromatic N) is 2. The molecule has 138 valence electrons. The van der Waals surface area contributed by atoms with Crippen LogP contribution >= 0.6 is 0 Å². The minimum atomic E-state index is -4.54. The van der Waals surface area contributed by atoms with E-state index in [2.05, 4.69) is 4.98 Å². The monoisotopic (exact) mass is 369 g/mol. The van der Waals surface area contributed by atoms with E-state index in [0.717, 1.165) is 6.42 Å². The fourth-order valence-corrected chi connectivity index (χ4v) is 2.67. The van der Waals surface area contributed by atoms with E-state index in [-0.39, 0.29) is 11.1 Å². The number of ether oxygens (including phenoxy) is 1. The highest BCUT2D eigenvalue weighted by atomic mass is 19.4. The van der Waals surface area contributed by atoms with Gasteiger partial charge in [-0.25, -0.2) is 9.78 Å². The van der Waals surface area contributed by atoms with Gasteiger partial charge in [0.25, 0.3) is 11.5 Å². The number of aryl methyl sites for hydroxylation is 1. The molecule has 10 heteroatoms. The molecule has 2 heterocycles. The molecule has 1 aromatic heterocycles. The molecule has 0 atom stereocenters. The highest BCUT2D eigenvalue weighted by Gasteiger charge is 2.27. The van der Waals surface area contributed by atoms with E-state index in [1.165, 1.54) is 18.2 Å². The second kappa shape index (κ2) is 6.77. The number of hydrogen-bond donors (Lipinski definition) is 1. The Hall–Kier alpha value is -2.91. The van der Waals surface area contributed by atoms with E-state index in [1.807, 2.05) is 0 Å². The van der Waals surface area contributed by atoms with Crippen molar-refractivity contribution in [3.8, 4) is 0 Å². The first kappa shape index (κ1) is 17.9. The molecule has 0 spiro atoms. The number of hydrogen-bond acceptors (Lipinski definition) is 5. The molecular formula is C16H14F3N3O4. The predicted molar refractivity (Wildman–Crippen MR) is 83.7 cm³/mol. The Balaban J connectivity index is 1.70. The van der Waals surface area contributed by atoms with Crippen molar-refractivity contribution in [2.24, 2.45) is 0 Å². The van der Waals surface area contributed by atoms with Gasteiger partial charge in [-0.2, -0.15) is 13.2 Å². The molecule has 0 saturated heterocycles. The molecule has 0 aliphatic carbocycles. The second-order valence-corrected chi connectivity index (χ2v) is 5.79. The molecular weight excluding hydrogens is 355 g/mol. The summed E-state index contributed by atoms with van der Waals surface area (Å²) in [5.74, 6) is -1.32. The van der Waals surface area contributed by atoms with E-state index in [4.69, 9.17) is 4.74 Å². The van der Waals surface area contributed by atoms with Crippen molar-refractivity contribution >= 4 is 22.8 Å². The van der Waals surface area contributed by atoms with Crippen LogP contribution in [0.2, 0.25) is 0 Å². The number of esters is 1.